The van der Waals surface area contributed by atoms with Gasteiger partial charge in [0.25, 0.3) is 0 Å². The largest absolute Gasteiger partial charge is 0.355 e. The van der Waals surface area contributed by atoms with Crippen LogP contribution in [0.15, 0.2) is 12.4 Å². The summed E-state index contributed by atoms with van der Waals surface area (Å²) in [6, 6.07) is 0.664. The molecule has 2 aliphatic rings. The van der Waals surface area contributed by atoms with Gasteiger partial charge in [-0.1, -0.05) is 26.2 Å². The number of nitrogens with one attached hydrogen (secondary N) is 1. The normalized spacial score (nSPS) is 22.5. The molecule has 0 bridgehead atoms. The number of imidazole rings is 1. The van der Waals surface area contributed by atoms with Crippen LogP contribution in [0.4, 0.5) is 5.95 Å². The predicted octanol–water partition coefficient (Wildman–Crippen LogP) is 3.53. The highest BCUT2D eigenvalue weighted by Gasteiger charge is 2.19. The molecule has 4 heteroatoms. The van der Waals surface area contributed by atoms with Crippen LogP contribution in [-0.4, -0.2) is 40.6 Å². The van der Waals surface area contributed by atoms with Crippen molar-refractivity contribution in [3.8, 4) is 0 Å². The first-order valence-electron chi connectivity index (χ1n) is 8.82. The molecule has 2 fully saturated rings. The minimum atomic E-state index is 0.664. The van der Waals surface area contributed by atoms with Crippen LogP contribution in [0.5, 0.6) is 0 Å². The van der Waals surface area contributed by atoms with Crippen LogP contribution in [0.3, 0.4) is 0 Å². The van der Waals surface area contributed by atoms with Gasteiger partial charge in [0.15, 0.2) is 0 Å². The molecule has 1 aliphatic carbocycles. The smallest absolute Gasteiger partial charge is 0.203 e. The molecular weight excluding hydrogens is 260 g/mol. The van der Waals surface area contributed by atoms with Gasteiger partial charge in [-0.2, -0.15) is 0 Å². The molecule has 1 saturated carbocycles. The summed E-state index contributed by atoms with van der Waals surface area (Å²) in [5.74, 6) is 1.76. The molecule has 118 valence electrons. The average Bonchev–Trinajstić information content (AvgIpc) is 3.17. The van der Waals surface area contributed by atoms with Crippen molar-refractivity contribution in [2.45, 2.75) is 57.9 Å². The zero-order valence-electron chi connectivity index (χ0n) is 13.4. The van der Waals surface area contributed by atoms with Crippen LogP contribution >= 0.6 is 0 Å². The molecule has 0 radical (unpaired) electrons. The van der Waals surface area contributed by atoms with Crippen molar-refractivity contribution in [3.63, 3.8) is 0 Å². The Balaban J connectivity index is 1.49. The van der Waals surface area contributed by atoms with E-state index in [9.17, 15) is 0 Å². The number of likely N-dealkylation sites (tertiary alicyclic amines) is 1. The van der Waals surface area contributed by atoms with Gasteiger partial charge in [0.05, 0.1) is 0 Å². The second-order valence-electron chi connectivity index (χ2n) is 6.94. The highest BCUT2D eigenvalue weighted by molar-refractivity contribution is 5.26. The summed E-state index contributed by atoms with van der Waals surface area (Å²) in [4.78, 5) is 7.13. The molecule has 1 aromatic heterocycles. The Labute approximate surface area is 128 Å². The van der Waals surface area contributed by atoms with E-state index >= 15 is 0 Å². The topological polar surface area (TPSA) is 33.1 Å². The van der Waals surface area contributed by atoms with Crippen LogP contribution in [-0.2, 0) is 0 Å². The summed E-state index contributed by atoms with van der Waals surface area (Å²) in [6.07, 6.45) is 13.6. The van der Waals surface area contributed by atoms with Gasteiger partial charge in [0.2, 0.25) is 5.95 Å². The van der Waals surface area contributed by atoms with Gasteiger partial charge in [0.1, 0.15) is 0 Å². The SMILES string of the molecule is CC(CNc1nccn1C1CCCCC1)CN1CCCC1. The van der Waals surface area contributed by atoms with Crippen molar-refractivity contribution in [1.82, 2.24) is 14.5 Å². The van der Waals surface area contributed by atoms with Gasteiger partial charge in [-0.05, 0) is 44.7 Å². The van der Waals surface area contributed by atoms with Crippen molar-refractivity contribution in [2.75, 3.05) is 31.5 Å². The Bertz CT molecular complexity index is 416. The molecule has 0 amide bonds. The van der Waals surface area contributed by atoms with Crippen LogP contribution in [0, 0.1) is 5.92 Å². The molecule has 1 atom stereocenters. The Morgan fingerprint density at radius 1 is 1.19 bits per heavy atom. The van der Waals surface area contributed by atoms with Crippen molar-refractivity contribution >= 4 is 5.95 Å². The van der Waals surface area contributed by atoms with E-state index in [2.05, 4.69) is 32.9 Å². The van der Waals surface area contributed by atoms with E-state index in [1.165, 1.54) is 64.6 Å². The van der Waals surface area contributed by atoms with Gasteiger partial charge < -0.3 is 14.8 Å². The number of hydrogen-bond donors (Lipinski definition) is 1. The van der Waals surface area contributed by atoms with Crippen molar-refractivity contribution in [1.29, 1.82) is 0 Å². The summed E-state index contributed by atoms with van der Waals surface area (Å²) in [6.45, 7) is 7.18. The highest BCUT2D eigenvalue weighted by Crippen LogP contribution is 2.30. The summed E-state index contributed by atoms with van der Waals surface area (Å²) in [5, 5.41) is 3.59. The average molecular weight is 290 g/mol. The number of anilines is 1. The van der Waals surface area contributed by atoms with E-state index in [1.807, 2.05) is 6.20 Å². The molecule has 1 aromatic rings. The van der Waals surface area contributed by atoms with Crippen LogP contribution in [0.2, 0.25) is 0 Å². The van der Waals surface area contributed by atoms with Crippen molar-refractivity contribution in [2.24, 2.45) is 5.92 Å². The zero-order chi connectivity index (χ0) is 14.5. The molecule has 1 N–H and O–H groups in total. The summed E-state index contributed by atoms with van der Waals surface area (Å²) in [7, 11) is 0. The maximum atomic E-state index is 4.53. The molecule has 1 aliphatic heterocycles. The second kappa shape index (κ2) is 7.30. The third-order valence-electron chi connectivity index (χ3n) is 5.01. The zero-order valence-corrected chi connectivity index (χ0v) is 13.4. The Morgan fingerprint density at radius 3 is 2.71 bits per heavy atom. The lowest BCUT2D eigenvalue weighted by atomic mass is 9.95. The van der Waals surface area contributed by atoms with Crippen LogP contribution in [0.25, 0.3) is 0 Å². The predicted molar refractivity (Wildman–Crippen MR) is 87.7 cm³/mol. The summed E-state index contributed by atoms with van der Waals surface area (Å²) >= 11 is 0. The fourth-order valence-corrected chi connectivity index (χ4v) is 3.84. The lowest BCUT2D eigenvalue weighted by Crippen LogP contribution is -2.29. The van der Waals surface area contributed by atoms with Gasteiger partial charge in [-0.15, -0.1) is 0 Å². The third kappa shape index (κ3) is 4.00. The lowest BCUT2D eigenvalue weighted by Gasteiger charge is -2.25. The maximum absolute atomic E-state index is 4.53. The third-order valence-corrected chi connectivity index (χ3v) is 5.01. The lowest BCUT2D eigenvalue weighted by molar-refractivity contribution is 0.293. The fraction of sp³-hybridized carbons (Fsp3) is 0.824. The van der Waals surface area contributed by atoms with Crippen LogP contribution in [0.1, 0.15) is 57.9 Å². The first-order chi connectivity index (χ1) is 10.3. The van der Waals surface area contributed by atoms with Crippen molar-refractivity contribution < 1.29 is 0 Å². The highest BCUT2D eigenvalue weighted by atomic mass is 15.2. The van der Waals surface area contributed by atoms with E-state index in [0.29, 0.717) is 12.0 Å². The van der Waals surface area contributed by atoms with E-state index < -0.39 is 0 Å². The summed E-state index contributed by atoms with van der Waals surface area (Å²) < 4.78 is 2.38. The molecule has 0 aromatic carbocycles. The molecule has 1 saturated heterocycles. The minimum Gasteiger partial charge on any atom is -0.355 e. The Hall–Kier alpha value is -1.03. The van der Waals surface area contributed by atoms with E-state index in [0.717, 1.165) is 12.5 Å². The monoisotopic (exact) mass is 290 g/mol. The van der Waals surface area contributed by atoms with Gasteiger partial charge in [-0.3, -0.25) is 0 Å². The van der Waals surface area contributed by atoms with Gasteiger partial charge in [-0.25, -0.2) is 4.98 Å². The minimum absolute atomic E-state index is 0.664. The van der Waals surface area contributed by atoms with E-state index in [1.54, 1.807) is 0 Å². The molecule has 21 heavy (non-hydrogen) atoms. The van der Waals surface area contributed by atoms with E-state index in [4.69, 9.17) is 0 Å². The van der Waals surface area contributed by atoms with Gasteiger partial charge >= 0.3 is 0 Å². The Morgan fingerprint density at radius 2 is 1.95 bits per heavy atom. The molecule has 3 rings (SSSR count). The van der Waals surface area contributed by atoms with Gasteiger partial charge in [0, 0.05) is 31.5 Å². The fourth-order valence-electron chi connectivity index (χ4n) is 3.84. The van der Waals surface area contributed by atoms with Crippen LogP contribution < -0.4 is 5.32 Å². The second-order valence-corrected chi connectivity index (χ2v) is 6.94. The molecular formula is C17H30N4. The number of aromatic nitrogens is 2. The molecule has 4 nitrogen and oxygen atoms in total. The quantitative estimate of drug-likeness (QED) is 0.870. The maximum Gasteiger partial charge on any atom is 0.203 e. The first-order valence-corrected chi connectivity index (χ1v) is 8.82. The van der Waals surface area contributed by atoms with Crippen molar-refractivity contribution in [3.05, 3.63) is 12.4 Å². The molecule has 2 heterocycles. The van der Waals surface area contributed by atoms with E-state index in [-0.39, 0.29) is 0 Å². The number of hydrogen-bond acceptors (Lipinski definition) is 3. The molecule has 1 unspecified atom stereocenters. The number of nitrogens with zero attached hydrogens (tertiary/aromatic N) is 3. The Kier molecular flexibility index (Phi) is 5.17. The first kappa shape index (κ1) is 14.9. The summed E-state index contributed by atoms with van der Waals surface area (Å²) in [5.41, 5.74) is 0. The number of rotatable bonds is 6. The molecule has 0 spiro atoms. The standard InChI is InChI=1S/C17H30N4/c1-15(14-20-10-5-6-11-20)13-19-17-18-9-12-21(17)16-7-3-2-4-8-16/h9,12,15-16H,2-8,10-11,13-14H2,1H3,(H,18,19).